The lowest BCUT2D eigenvalue weighted by Crippen LogP contribution is -2.16. The highest BCUT2D eigenvalue weighted by Gasteiger charge is 2.08. The minimum atomic E-state index is 0.960. The van der Waals surface area contributed by atoms with E-state index in [-0.39, 0.29) is 0 Å². The Bertz CT molecular complexity index is 286. The molecule has 1 aromatic carbocycles. The Morgan fingerprint density at radius 1 is 1.25 bits per heavy atom. The van der Waals surface area contributed by atoms with Crippen LogP contribution in [-0.4, -0.2) is 13.1 Å². The summed E-state index contributed by atoms with van der Waals surface area (Å²) >= 11 is 3.53. The number of fused-ring (bicyclic) bond motifs is 1. The van der Waals surface area contributed by atoms with Crippen LogP contribution in [0, 0.1) is 0 Å². The van der Waals surface area contributed by atoms with E-state index in [1.165, 1.54) is 11.3 Å². The van der Waals surface area contributed by atoms with Crippen molar-refractivity contribution in [2.75, 3.05) is 18.4 Å². The van der Waals surface area contributed by atoms with E-state index in [9.17, 15) is 0 Å². The lowest BCUT2D eigenvalue weighted by Gasteiger charge is -2.08. The maximum Gasteiger partial charge on any atom is 0.0530 e. The Balaban J connectivity index is 2.42. The third-order valence-corrected chi connectivity index (χ3v) is 2.68. The van der Waals surface area contributed by atoms with Crippen molar-refractivity contribution in [3.05, 3.63) is 28.2 Å². The second kappa shape index (κ2) is 3.46. The molecule has 0 fully saturated rings. The van der Waals surface area contributed by atoms with Crippen LogP contribution in [0.3, 0.4) is 0 Å². The standard InChI is InChI=1S/C9H11BrN2/c10-8-3-1-2-7-6-11-4-5-12-9(7)8/h1-3,11-12H,4-6H2. The van der Waals surface area contributed by atoms with Gasteiger partial charge in [0.05, 0.1) is 5.69 Å². The molecule has 0 saturated carbocycles. The largest absolute Gasteiger partial charge is 0.383 e. The smallest absolute Gasteiger partial charge is 0.0530 e. The molecule has 64 valence electrons. The molecule has 1 aliphatic heterocycles. The number of hydrogen-bond donors (Lipinski definition) is 2. The third-order valence-electron chi connectivity index (χ3n) is 2.02. The summed E-state index contributed by atoms with van der Waals surface area (Å²) in [5.74, 6) is 0. The number of para-hydroxylation sites is 1. The fraction of sp³-hybridized carbons (Fsp3) is 0.333. The van der Waals surface area contributed by atoms with Crippen molar-refractivity contribution in [2.45, 2.75) is 6.54 Å². The van der Waals surface area contributed by atoms with Gasteiger partial charge in [0, 0.05) is 24.1 Å². The molecule has 3 heteroatoms. The molecule has 2 nitrogen and oxygen atoms in total. The molecule has 0 aromatic heterocycles. The zero-order chi connectivity index (χ0) is 8.39. The minimum Gasteiger partial charge on any atom is -0.383 e. The number of rotatable bonds is 0. The van der Waals surface area contributed by atoms with Crippen LogP contribution in [0.4, 0.5) is 5.69 Å². The van der Waals surface area contributed by atoms with E-state index in [0.717, 1.165) is 24.1 Å². The summed E-state index contributed by atoms with van der Waals surface area (Å²) in [6.45, 7) is 2.98. The molecule has 0 atom stereocenters. The van der Waals surface area contributed by atoms with Gasteiger partial charge in [0.25, 0.3) is 0 Å². The van der Waals surface area contributed by atoms with Crippen molar-refractivity contribution < 1.29 is 0 Å². The molecular formula is C9H11BrN2. The van der Waals surface area contributed by atoms with Gasteiger partial charge in [0.2, 0.25) is 0 Å². The molecule has 1 aromatic rings. The van der Waals surface area contributed by atoms with Gasteiger partial charge < -0.3 is 10.6 Å². The molecular weight excluding hydrogens is 216 g/mol. The van der Waals surface area contributed by atoms with Gasteiger partial charge in [0.15, 0.2) is 0 Å². The molecule has 12 heavy (non-hydrogen) atoms. The second-order valence-electron chi connectivity index (χ2n) is 2.88. The summed E-state index contributed by atoms with van der Waals surface area (Å²) in [6, 6.07) is 6.28. The van der Waals surface area contributed by atoms with Crippen molar-refractivity contribution in [1.82, 2.24) is 5.32 Å². The Hall–Kier alpha value is -0.540. The molecule has 0 spiro atoms. The van der Waals surface area contributed by atoms with Gasteiger partial charge in [-0.3, -0.25) is 0 Å². The average Bonchev–Trinajstić information content (AvgIpc) is 2.30. The predicted octanol–water partition coefficient (Wildman–Crippen LogP) is 1.96. The van der Waals surface area contributed by atoms with Crippen molar-refractivity contribution >= 4 is 21.6 Å². The Morgan fingerprint density at radius 2 is 2.17 bits per heavy atom. The van der Waals surface area contributed by atoms with E-state index in [1.807, 2.05) is 0 Å². The van der Waals surface area contributed by atoms with Crippen molar-refractivity contribution in [3.63, 3.8) is 0 Å². The molecule has 0 saturated heterocycles. The molecule has 0 unspecified atom stereocenters. The van der Waals surface area contributed by atoms with Crippen LogP contribution >= 0.6 is 15.9 Å². The Kier molecular flexibility index (Phi) is 2.33. The highest BCUT2D eigenvalue weighted by Crippen LogP contribution is 2.26. The lowest BCUT2D eigenvalue weighted by atomic mass is 10.2. The highest BCUT2D eigenvalue weighted by molar-refractivity contribution is 9.10. The van der Waals surface area contributed by atoms with Crippen LogP contribution < -0.4 is 10.6 Å². The topological polar surface area (TPSA) is 24.1 Å². The van der Waals surface area contributed by atoms with E-state index in [0.29, 0.717) is 0 Å². The third kappa shape index (κ3) is 1.47. The maximum absolute atomic E-state index is 3.53. The fourth-order valence-electron chi connectivity index (χ4n) is 1.41. The summed E-state index contributed by atoms with van der Waals surface area (Å²) in [5, 5.41) is 6.73. The van der Waals surface area contributed by atoms with Gasteiger partial charge in [-0.15, -0.1) is 0 Å². The molecule has 0 aliphatic carbocycles. The molecule has 2 N–H and O–H groups in total. The van der Waals surface area contributed by atoms with Gasteiger partial charge in [-0.05, 0) is 27.6 Å². The van der Waals surface area contributed by atoms with E-state index in [2.05, 4.69) is 44.8 Å². The van der Waals surface area contributed by atoms with Crippen LogP contribution in [0.1, 0.15) is 5.56 Å². The van der Waals surface area contributed by atoms with E-state index in [4.69, 9.17) is 0 Å². The predicted molar refractivity (Wildman–Crippen MR) is 54.3 cm³/mol. The first-order chi connectivity index (χ1) is 5.88. The summed E-state index contributed by atoms with van der Waals surface area (Å²) in [6.07, 6.45) is 0. The van der Waals surface area contributed by atoms with Crippen molar-refractivity contribution in [2.24, 2.45) is 0 Å². The first kappa shape index (κ1) is 8.08. The first-order valence-corrected chi connectivity index (χ1v) is 4.89. The minimum absolute atomic E-state index is 0.960. The first-order valence-electron chi connectivity index (χ1n) is 4.10. The van der Waals surface area contributed by atoms with Crippen LogP contribution in [0.25, 0.3) is 0 Å². The Labute approximate surface area is 80.5 Å². The van der Waals surface area contributed by atoms with Crippen LogP contribution in [0.5, 0.6) is 0 Å². The monoisotopic (exact) mass is 226 g/mol. The molecule has 1 heterocycles. The average molecular weight is 227 g/mol. The zero-order valence-electron chi connectivity index (χ0n) is 6.73. The summed E-state index contributed by atoms with van der Waals surface area (Å²) < 4.78 is 1.16. The second-order valence-corrected chi connectivity index (χ2v) is 3.73. The van der Waals surface area contributed by atoms with Crippen LogP contribution in [-0.2, 0) is 6.54 Å². The van der Waals surface area contributed by atoms with Gasteiger partial charge in [-0.1, -0.05) is 12.1 Å². The number of nitrogens with one attached hydrogen (secondary N) is 2. The fourth-order valence-corrected chi connectivity index (χ4v) is 1.96. The SMILES string of the molecule is Brc1cccc2c1NCCNC2. The van der Waals surface area contributed by atoms with Crippen LogP contribution in [0.2, 0.25) is 0 Å². The highest BCUT2D eigenvalue weighted by atomic mass is 79.9. The molecule has 2 rings (SSSR count). The summed E-state index contributed by atoms with van der Waals surface area (Å²) in [4.78, 5) is 0. The number of halogens is 1. The zero-order valence-corrected chi connectivity index (χ0v) is 8.32. The number of hydrogen-bond acceptors (Lipinski definition) is 2. The number of benzene rings is 1. The van der Waals surface area contributed by atoms with Crippen molar-refractivity contribution in [1.29, 1.82) is 0 Å². The number of anilines is 1. The van der Waals surface area contributed by atoms with Gasteiger partial charge in [-0.25, -0.2) is 0 Å². The summed E-state index contributed by atoms with van der Waals surface area (Å²) in [7, 11) is 0. The molecule has 1 aliphatic rings. The molecule has 0 radical (unpaired) electrons. The summed E-state index contributed by atoms with van der Waals surface area (Å²) in [5.41, 5.74) is 2.57. The van der Waals surface area contributed by atoms with E-state index >= 15 is 0 Å². The van der Waals surface area contributed by atoms with E-state index in [1.54, 1.807) is 0 Å². The lowest BCUT2D eigenvalue weighted by molar-refractivity contribution is 0.725. The van der Waals surface area contributed by atoms with Crippen molar-refractivity contribution in [3.8, 4) is 0 Å². The molecule has 0 bridgehead atoms. The van der Waals surface area contributed by atoms with Gasteiger partial charge in [0.1, 0.15) is 0 Å². The Morgan fingerprint density at radius 3 is 3.08 bits per heavy atom. The quantitative estimate of drug-likeness (QED) is 0.708. The van der Waals surface area contributed by atoms with Crippen LogP contribution in [0.15, 0.2) is 22.7 Å². The normalized spacial score (nSPS) is 16.1. The van der Waals surface area contributed by atoms with Gasteiger partial charge in [-0.2, -0.15) is 0 Å². The molecule has 0 amide bonds. The van der Waals surface area contributed by atoms with E-state index < -0.39 is 0 Å². The van der Waals surface area contributed by atoms with Gasteiger partial charge >= 0.3 is 0 Å². The maximum atomic E-state index is 3.53.